The highest BCUT2D eigenvalue weighted by Crippen LogP contribution is 2.28. The minimum absolute atomic E-state index is 0.543. The minimum Gasteiger partial charge on any atom is -0.493 e. The number of ether oxygens (including phenoxy) is 1. The Morgan fingerprint density at radius 2 is 1.87 bits per heavy atom. The Morgan fingerprint density at radius 1 is 1.13 bits per heavy atom. The van der Waals surface area contributed by atoms with E-state index in [1.807, 2.05) is 31.2 Å². The van der Waals surface area contributed by atoms with E-state index in [1.165, 1.54) is 5.39 Å². The van der Waals surface area contributed by atoms with Crippen molar-refractivity contribution in [3.8, 4) is 5.75 Å². The lowest BCUT2D eigenvalue weighted by Gasteiger charge is -2.10. The maximum atomic E-state index is 5.73. The summed E-state index contributed by atoms with van der Waals surface area (Å²) in [5.74, 6) is 0.927. The molecule has 15 heavy (non-hydrogen) atoms. The van der Waals surface area contributed by atoms with E-state index in [0.29, 0.717) is 13.2 Å². The normalized spacial score (nSPS) is 10.5. The molecule has 2 aromatic carbocycles. The molecule has 2 aromatic rings. The van der Waals surface area contributed by atoms with Crippen LogP contribution < -0.4 is 10.5 Å². The third kappa shape index (κ3) is 1.81. The summed E-state index contributed by atoms with van der Waals surface area (Å²) in [6, 6.07) is 12.2. The van der Waals surface area contributed by atoms with Gasteiger partial charge in [-0.3, -0.25) is 0 Å². The highest BCUT2D eigenvalue weighted by Gasteiger charge is 2.05. The quantitative estimate of drug-likeness (QED) is 0.828. The summed E-state index contributed by atoms with van der Waals surface area (Å²) in [4.78, 5) is 0. The predicted molar refractivity (Wildman–Crippen MR) is 63.0 cm³/mol. The van der Waals surface area contributed by atoms with E-state index in [0.717, 1.165) is 16.7 Å². The van der Waals surface area contributed by atoms with Crippen molar-refractivity contribution in [2.75, 3.05) is 6.61 Å². The third-order valence-corrected chi connectivity index (χ3v) is 2.47. The first-order chi connectivity index (χ1) is 7.36. The Bertz CT molecular complexity index is 460. The summed E-state index contributed by atoms with van der Waals surface area (Å²) in [6.07, 6.45) is 0. The molecule has 2 heteroatoms. The molecule has 0 bridgehead atoms. The Balaban J connectivity index is 2.69. The average molecular weight is 201 g/mol. The van der Waals surface area contributed by atoms with Crippen LogP contribution in [0, 0.1) is 0 Å². The Morgan fingerprint density at radius 3 is 2.53 bits per heavy atom. The Hall–Kier alpha value is -1.54. The maximum absolute atomic E-state index is 5.73. The van der Waals surface area contributed by atoms with Crippen molar-refractivity contribution < 1.29 is 4.74 Å². The molecule has 78 valence electrons. The number of fused-ring (bicyclic) bond motifs is 1. The summed E-state index contributed by atoms with van der Waals surface area (Å²) in [5.41, 5.74) is 6.86. The molecule has 0 spiro atoms. The van der Waals surface area contributed by atoms with Gasteiger partial charge < -0.3 is 10.5 Å². The van der Waals surface area contributed by atoms with Crippen LogP contribution >= 0.6 is 0 Å². The summed E-state index contributed by atoms with van der Waals surface area (Å²) in [5, 5.41) is 2.33. The molecule has 0 radical (unpaired) electrons. The molecule has 0 atom stereocenters. The van der Waals surface area contributed by atoms with Gasteiger partial charge in [0.2, 0.25) is 0 Å². The zero-order valence-corrected chi connectivity index (χ0v) is 8.86. The van der Waals surface area contributed by atoms with Crippen LogP contribution in [0.5, 0.6) is 5.75 Å². The first-order valence-electron chi connectivity index (χ1n) is 5.20. The maximum Gasteiger partial charge on any atom is 0.127 e. The molecule has 0 amide bonds. The van der Waals surface area contributed by atoms with Gasteiger partial charge in [0.05, 0.1) is 6.61 Å². The number of hydrogen-bond acceptors (Lipinski definition) is 2. The van der Waals surface area contributed by atoms with Crippen LogP contribution in [0.15, 0.2) is 36.4 Å². The number of rotatable bonds is 3. The average Bonchev–Trinajstić information content (AvgIpc) is 2.29. The van der Waals surface area contributed by atoms with Crippen LogP contribution in [-0.4, -0.2) is 6.61 Å². The van der Waals surface area contributed by atoms with Gasteiger partial charge in [0.1, 0.15) is 5.75 Å². The first kappa shape index (κ1) is 9.99. The fourth-order valence-electron chi connectivity index (χ4n) is 1.83. The molecule has 0 fully saturated rings. The second kappa shape index (κ2) is 4.32. The van der Waals surface area contributed by atoms with Gasteiger partial charge in [0.25, 0.3) is 0 Å². The van der Waals surface area contributed by atoms with Gasteiger partial charge in [0, 0.05) is 11.9 Å². The molecule has 2 rings (SSSR count). The van der Waals surface area contributed by atoms with Crippen molar-refractivity contribution in [3.63, 3.8) is 0 Å². The molecule has 2 N–H and O–H groups in total. The van der Waals surface area contributed by atoms with E-state index in [4.69, 9.17) is 10.5 Å². The number of nitrogens with two attached hydrogens (primary N) is 1. The molecule has 0 aliphatic carbocycles. The van der Waals surface area contributed by atoms with Crippen molar-refractivity contribution in [1.82, 2.24) is 0 Å². The van der Waals surface area contributed by atoms with Crippen molar-refractivity contribution in [2.24, 2.45) is 5.73 Å². The summed E-state index contributed by atoms with van der Waals surface area (Å²) >= 11 is 0. The van der Waals surface area contributed by atoms with Crippen LogP contribution in [0.4, 0.5) is 0 Å². The van der Waals surface area contributed by atoms with Gasteiger partial charge in [0.15, 0.2) is 0 Å². The lowest BCUT2D eigenvalue weighted by atomic mass is 10.0. The highest BCUT2D eigenvalue weighted by atomic mass is 16.5. The van der Waals surface area contributed by atoms with Gasteiger partial charge in [-0.15, -0.1) is 0 Å². The van der Waals surface area contributed by atoms with E-state index in [1.54, 1.807) is 0 Å². The molecule has 0 aliphatic heterocycles. The lowest BCUT2D eigenvalue weighted by Crippen LogP contribution is -1.99. The standard InChI is InChI=1S/C13H15NO/c1-2-15-12-8-4-6-10-5-3-7-11(9-14)13(10)12/h3-8H,2,9,14H2,1H3. The second-order valence-electron chi connectivity index (χ2n) is 3.41. The van der Waals surface area contributed by atoms with Gasteiger partial charge in [-0.2, -0.15) is 0 Å². The zero-order valence-electron chi connectivity index (χ0n) is 8.86. The smallest absolute Gasteiger partial charge is 0.127 e. The fourth-order valence-corrected chi connectivity index (χ4v) is 1.83. The largest absolute Gasteiger partial charge is 0.493 e. The van der Waals surface area contributed by atoms with Gasteiger partial charge in [-0.05, 0) is 23.9 Å². The topological polar surface area (TPSA) is 35.2 Å². The molecule has 0 saturated carbocycles. The second-order valence-corrected chi connectivity index (χ2v) is 3.41. The molecule has 0 unspecified atom stereocenters. The molecule has 0 saturated heterocycles. The van der Waals surface area contributed by atoms with Crippen LogP contribution in [0.25, 0.3) is 10.8 Å². The molecular weight excluding hydrogens is 186 g/mol. The van der Waals surface area contributed by atoms with Crippen LogP contribution in [-0.2, 0) is 6.54 Å². The van der Waals surface area contributed by atoms with E-state index in [9.17, 15) is 0 Å². The zero-order chi connectivity index (χ0) is 10.7. The van der Waals surface area contributed by atoms with Crippen LogP contribution in [0.1, 0.15) is 12.5 Å². The van der Waals surface area contributed by atoms with Crippen molar-refractivity contribution in [3.05, 3.63) is 42.0 Å². The Labute approximate surface area is 89.7 Å². The number of benzene rings is 2. The third-order valence-electron chi connectivity index (χ3n) is 2.47. The summed E-state index contributed by atoms with van der Waals surface area (Å²) < 4.78 is 5.61. The van der Waals surface area contributed by atoms with E-state index < -0.39 is 0 Å². The molecule has 0 heterocycles. The predicted octanol–water partition coefficient (Wildman–Crippen LogP) is 2.70. The first-order valence-corrected chi connectivity index (χ1v) is 5.20. The SMILES string of the molecule is CCOc1cccc2cccc(CN)c12. The van der Waals surface area contributed by atoms with Crippen LogP contribution in [0.3, 0.4) is 0 Å². The minimum atomic E-state index is 0.543. The van der Waals surface area contributed by atoms with E-state index in [2.05, 4.69) is 12.1 Å². The van der Waals surface area contributed by atoms with Gasteiger partial charge in [-0.25, -0.2) is 0 Å². The summed E-state index contributed by atoms with van der Waals surface area (Å²) in [7, 11) is 0. The molecule has 0 aliphatic rings. The van der Waals surface area contributed by atoms with Crippen LogP contribution in [0.2, 0.25) is 0 Å². The van der Waals surface area contributed by atoms with Gasteiger partial charge in [-0.1, -0.05) is 30.3 Å². The molecular formula is C13H15NO. The van der Waals surface area contributed by atoms with E-state index in [-0.39, 0.29) is 0 Å². The molecule has 2 nitrogen and oxygen atoms in total. The molecule has 0 aromatic heterocycles. The monoisotopic (exact) mass is 201 g/mol. The van der Waals surface area contributed by atoms with E-state index >= 15 is 0 Å². The van der Waals surface area contributed by atoms with Crippen molar-refractivity contribution in [2.45, 2.75) is 13.5 Å². The fraction of sp³-hybridized carbons (Fsp3) is 0.231. The Kier molecular flexibility index (Phi) is 2.88. The lowest BCUT2D eigenvalue weighted by molar-refractivity contribution is 0.344. The number of hydrogen-bond donors (Lipinski definition) is 1. The summed E-state index contributed by atoms with van der Waals surface area (Å²) in [6.45, 7) is 3.21. The highest BCUT2D eigenvalue weighted by molar-refractivity contribution is 5.91. The van der Waals surface area contributed by atoms with Crippen molar-refractivity contribution >= 4 is 10.8 Å². The van der Waals surface area contributed by atoms with Gasteiger partial charge >= 0.3 is 0 Å². The van der Waals surface area contributed by atoms with Crippen molar-refractivity contribution in [1.29, 1.82) is 0 Å².